The van der Waals surface area contributed by atoms with Gasteiger partial charge in [0, 0.05) is 6.42 Å². The average molecular weight is 1420 g/mol. The first-order valence-corrected chi connectivity index (χ1v) is 40.5. The zero-order valence-corrected chi connectivity index (χ0v) is 62.4. The number of hydrogen-bond donors (Lipinski definition) is 12. The molecule has 17 unspecified atom stereocenters. The molecule has 0 aromatic carbocycles. The highest BCUT2D eigenvalue weighted by Gasteiger charge is 2.54. The van der Waals surface area contributed by atoms with Crippen molar-refractivity contribution in [3.05, 3.63) is 60.8 Å². The van der Waals surface area contributed by atoms with Gasteiger partial charge in [0.2, 0.25) is 5.91 Å². The molecule has 0 aliphatic carbocycles. The van der Waals surface area contributed by atoms with Crippen LogP contribution in [0.3, 0.4) is 0 Å². The van der Waals surface area contributed by atoms with Gasteiger partial charge in [0.25, 0.3) is 0 Å². The van der Waals surface area contributed by atoms with Gasteiger partial charge in [-0.1, -0.05) is 312 Å². The molecule has 0 saturated carbocycles. The van der Waals surface area contributed by atoms with Gasteiger partial charge >= 0.3 is 0 Å². The molecule has 0 bridgehead atoms. The maximum atomic E-state index is 13.5. The van der Waals surface area contributed by atoms with Crippen LogP contribution in [0.4, 0.5) is 0 Å². The van der Waals surface area contributed by atoms with E-state index in [0.717, 1.165) is 103 Å². The number of aliphatic hydroxyl groups is 11. The first-order chi connectivity index (χ1) is 48.8. The molecule has 584 valence electrons. The summed E-state index contributed by atoms with van der Waals surface area (Å²) in [6, 6.07) is -0.899. The second-order valence-electron chi connectivity index (χ2n) is 28.9. The lowest BCUT2D eigenvalue weighted by Crippen LogP contribution is -2.66. The van der Waals surface area contributed by atoms with Gasteiger partial charge in [0.15, 0.2) is 18.9 Å². The highest BCUT2D eigenvalue weighted by Crippen LogP contribution is 2.33. The minimum Gasteiger partial charge on any atom is -0.394 e. The number of carbonyl (C=O) groups excluding carboxylic acids is 1. The van der Waals surface area contributed by atoms with E-state index in [2.05, 4.69) is 79.9 Å². The van der Waals surface area contributed by atoms with Crippen LogP contribution in [0.1, 0.15) is 316 Å². The minimum atomic E-state index is -1.98. The van der Waals surface area contributed by atoms with Gasteiger partial charge in [0.1, 0.15) is 73.2 Å². The smallest absolute Gasteiger partial charge is 0.220 e. The summed E-state index contributed by atoms with van der Waals surface area (Å²) in [6.07, 6.45) is 51.7. The van der Waals surface area contributed by atoms with Crippen LogP contribution in [0, 0.1) is 0 Å². The number of allylic oxidation sites excluding steroid dienone is 10. The summed E-state index contributed by atoms with van der Waals surface area (Å²) < 4.78 is 34.5. The lowest BCUT2D eigenvalue weighted by molar-refractivity contribution is -0.379. The topological polar surface area (TPSA) is 307 Å². The molecule has 3 saturated heterocycles. The molecule has 3 heterocycles. The Balaban J connectivity index is 1.36. The predicted octanol–water partition coefficient (Wildman–Crippen LogP) is 13.5. The number of aliphatic hydroxyl groups excluding tert-OH is 11. The Morgan fingerprint density at radius 1 is 0.370 bits per heavy atom. The van der Waals surface area contributed by atoms with E-state index >= 15 is 0 Å². The molecule has 0 spiro atoms. The van der Waals surface area contributed by atoms with Crippen LogP contribution in [0.5, 0.6) is 0 Å². The molecule has 3 aliphatic heterocycles. The van der Waals surface area contributed by atoms with Crippen molar-refractivity contribution in [1.82, 2.24) is 5.32 Å². The molecule has 19 heteroatoms. The van der Waals surface area contributed by atoms with E-state index in [4.69, 9.17) is 28.4 Å². The normalized spacial score (nSPS) is 26.8. The quantitative estimate of drug-likeness (QED) is 0.0199. The van der Waals surface area contributed by atoms with Crippen LogP contribution < -0.4 is 5.32 Å². The van der Waals surface area contributed by atoms with Crippen LogP contribution in [0.15, 0.2) is 60.8 Å². The molecular weight excluding hydrogens is 1270 g/mol. The second-order valence-corrected chi connectivity index (χ2v) is 28.9. The van der Waals surface area contributed by atoms with Gasteiger partial charge in [-0.05, 0) is 57.8 Å². The minimum absolute atomic E-state index is 0.251. The van der Waals surface area contributed by atoms with Crippen molar-refractivity contribution in [2.45, 2.75) is 420 Å². The van der Waals surface area contributed by atoms with Crippen LogP contribution in [0.2, 0.25) is 0 Å². The fourth-order valence-electron chi connectivity index (χ4n) is 13.6. The Hall–Kier alpha value is -2.51. The van der Waals surface area contributed by atoms with Gasteiger partial charge in [0.05, 0.1) is 38.6 Å². The number of carbonyl (C=O) groups is 1. The SMILES string of the molecule is CC/C=C\C/C=C\C/C=C\C/C=C\C/C=C\CCCCCCCCCC(=O)NC(COC1OC(CO)C(OC2OC(CO)C(OC3OC(CO)C(O)C(O)C3O)C(O)C2O)C(O)C1O)C(O)CCCCCCCCCCCCCCCCCCCCCCCCCCCCCCCCCC. The highest BCUT2D eigenvalue weighted by molar-refractivity contribution is 5.76. The van der Waals surface area contributed by atoms with Crippen molar-refractivity contribution in [3.63, 3.8) is 0 Å². The molecule has 3 rings (SSSR count). The van der Waals surface area contributed by atoms with E-state index in [1.54, 1.807) is 0 Å². The second kappa shape index (κ2) is 61.6. The lowest BCUT2D eigenvalue weighted by atomic mass is 9.96. The average Bonchev–Trinajstić information content (AvgIpc) is 0.783. The first kappa shape index (κ1) is 91.7. The summed E-state index contributed by atoms with van der Waals surface area (Å²) >= 11 is 0. The molecule has 3 aliphatic rings. The third-order valence-electron chi connectivity index (χ3n) is 20.1. The molecule has 3 fully saturated rings. The predicted molar refractivity (Wildman–Crippen MR) is 397 cm³/mol. The molecular formula is C81H147NO18. The molecule has 17 atom stereocenters. The molecule has 0 aromatic rings. The van der Waals surface area contributed by atoms with E-state index in [0.29, 0.717) is 12.8 Å². The lowest BCUT2D eigenvalue weighted by Gasteiger charge is -2.48. The number of ether oxygens (including phenoxy) is 6. The van der Waals surface area contributed by atoms with Crippen LogP contribution in [0.25, 0.3) is 0 Å². The largest absolute Gasteiger partial charge is 0.394 e. The molecule has 0 radical (unpaired) electrons. The Labute approximate surface area is 605 Å². The maximum absolute atomic E-state index is 13.5. The number of hydrogen-bond acceptors (Lipinski definition) is 18. The molecule has 12 N–H and O–H groups in total. The molecule has 19 nitrogen and oxygen atoms in total. The van der Waals surface area contributed by atoms with E-state index < -0.39 is 124 Å². The Morgan fingerprint density at radius 3 is 1.08 bits per heavy atom. The summed E-state index contributed by atoms with van der Waals surface area (Å²) in [5, 5.41) is 121. The fourth-order valence-corrected chi connectivity index (χ4v) is 13.6. The summed E-state index contributed by atoms with van der Waals surface area (Å²) in [7, 11) is 0. The van der Waals surface area contributed by atoms with Gasteiger partial charge < -0.3 is 89.9 Å². The Morgan fingerprint density at radius 2 is 0.690 bits per heavy atom. The molecule has 0 aromatic heterocycles. The summed E-state index contributed by atoms with van der Waals surface area (Å²) in [4.78, 5) is 13.5. The van der Waals surface area contributed by atoms with Gasteiger partial charge in [-0.25, -0.2) is 0 Å². The van der Waals surface area contributed by atoms with Crippen molar-refractivity contribution in [2.24, 2.45) is 0 Å². The summed E-state index contributed by atoms with van der Waals surface area (Å²) in [5.41, 5.74) is 0. The Bertz CT molecular complexity index is 2040. The van der Waals surface area contributed by atoms with Crippen molar-refractivity contribution < 1.29 is 89.4 Å². The fraction of sp³-hybridized carbons (Fsp3) is 0.864. The van der Waals surface area contributed by atoms with E-state index in [9.17, 15) is 61.0 Å². The van der Waals surface area contributed by atoms with Gasteiger partial charge in [-0.15, -0.1) is 0 Å². The summed E-state index contributed by atoms with van der Waals surface area (Å²) in [5.74, 6) is -0.252. The van der Waals surface area contributed by atoms with Crippen molar-refractivity contribution in [1.29, 1.82) is 0 Å². The van der Waals surface area contributed by atoms with E-state index in [1.165, 1.54) is 180 Å². The zero-order chi connectivity index (χ0) is 72.5. The van der Waals surface area contributed by atoms with Crippen molar-refractivity contribution >= 4 is 5.91 Å². The number of nitrogens with one attached hydrogen (secondary N) is 1. The standard InChI is InChI=1S/C81H147NO18/c1-3-5-7-9-11-13-15-17-19-21-23-25-27-28-29-30-31-32-33-34-35-37-38-40-42-44-46-48-50-52-54-56-58-65(86)64(82-69(87)59-57-55-53-51-49-47-45-43-41-39-36-26-24-22-20-18-16-14-12-10-8-6-4-2)63-95-79-75(93)72(90)77(67(61-84)97-79)100-81-76(94)73(91)78(68(62-85)98-81)99-80-74(92)71(89)70(88)66(60-83)96-80/h6,8,12,14,18,20,24,26,39,41,64-68,70-81,83-86,88-94H,3-5,7,9-11,13,15-17,19,21-23,25,27-38,40,42-63H2,1-2H3,(H,82,87)/b8-6-,14-12-,20-18-,26-24-,41-39-. The van der Waals surface area contributed by atoms with Crippen LogP contribution in [-0.2, 0) is 33.2 Å². The third-order valence-corrected chi connectivity index (χ3v) is 20.1. The van der Waals surface area contributed by atoms with Gasteiger partial charge in [-0.2, -0.15) is 0 Å². The number of unbranched alkanes of at least 4 members (excludes halogenated alkanes) is 38. The molecule has 1 amide bonds. The first-order valence-electron chi connectivity index (χ1n) is 40.5. The molecule has 100 heavy (non-hydrogen) atoms. The van der Waals surface area contributed by atoms with Crippen LogP contribution in [-0.4, -0.2) is 193 Å². The van der Waals surface area contributed by atoms with Gasteiger partial charge in [-0.3, -0.25) is 4.79 Å². The van der Waals surface area contributed by atoms with E-state index in [-0.39, 0.29) is 18.9 Å². The van der Waals surface area contributed by atoms with E-state index in [1.807, 2.05) is 0 Å². The third kappa shape index (κ3) is 41.4. The Kier molecular flexibility index (Phi) is 56.5. The zero-order valence-electron chi connectivity index (χ0n) is 62.4. The van der Waals surface area contributed by atoms with Crippen molar-refractivity contribution in [2.75, 3.05) is 26.4 Å². The maximum Gasteiger partial charge on any atom is 0.220 e. The number of amides is 1. The number of rotatable bonds is 64. The monoisotopic (exact) mass is 1420 g/mol. The van der Waals surface area contributed by atoms with Crippen LogP contribution >= 0.6 is 0 Å². The summed E-state index contributed by atoms with van der Waals surface area (Å²) in [6.45, 7) is 1.71. The highest BCUT2D eigenvalue weighted by atomic mass is 16.8. The van der Waals surface area contributed by atoms with Crippen molar-refractivity contribution in [3.8, 4) is 0 Å².